The maximum absolute atomic E-state index is 12.7. The van der Waals surface area contributed by atoms with Crippen molar-refractivity contribution in [1.29, 1.82) is 0 Å². The third-order valence-electron chi connectivity index (χ3n) is 2.73. The summed E-state index contributed by atoms with van der Waals surface area (Å²) in [6.45, 7) is 4.01. The molecule has 0 unspecified atom stereocenters. The molecule has 0 saturated heterocycles. The molecule has 1 aliphatic carbocycles. The summed E-state index contributed by atoms with van der Waals surface area (Å²) in [6, 6.07) is 0. The van der Waals surface area contributed by atoms with Crippen molar-refractivity contribution in [2.24, 2.45) is 0 Å². The molecule has 0 bridgehead atoms. The quantitative estimate of drug-likeness (QED) is 0.733. The molecule has 2 rings (SSSR count). The van der Waals surface area contributed by atoms with E-state index in [-0.39, 0.29) is 24.7 Å². The van der Waals surface area contributed by atoms with Gasteiger partial charge in [-0.25, -0.2) is 8.78 Å². The highest BCUT2D eigenvalue weighted by atomic mass is 19.3. The van der Waals surface area contributed by atoms with Crippen LogP contribution in [0.3, 0.4) is 0 Å². The van der Waals surface area contributed by atoms with Crippen molar-refractivity contribution in [3.63, 3.8) is 0 Å². The van der Waals surface area contributed by atoms with Gasteiger partial charge in [-0.3, -0.25) is 0 Å². The number of nitrogens with zero attached hydrogens (tertiary/aromatic N) is 1. The third-order valence-corrected chi connectivity index (χ3v) is 2.73. The summed E-state index contributed by atoms with van der Waals surface area (Å²) in [5.41, 5.74) is 1.69. The Morgan fingerprint density at radius 2 is 2.14 bits per heavy atom. The molecular formula is C10H13F2NO. The molecule has 1 aliphatic rings. The Morgan fingerprint density at radius 1 is 1.50 bits per heavy atom. The van der Waals surface area contributed by atoms with E-state index in [0.717, 1.165) is 11.3 Å². The fraction of sp³-hybridized carbons (Fsp3) is 0.700. The van der Waals surface area contributed by atoms with Gasteiger partial charge in [-0.1, -0.05) is 19.0 Å². The van der Waals surface area contributed by atoms with E-state index in [0.29, 0.717) is 0 Å². The van der Waals surface area contributed by atoms with Gasteiger partial charge in [0.25, 0.3) is 0 Å². The van der Waals surface area contributed by atoms with Crippen LogP contribution in [-0.2, 0) is 0 Å². The van der Waals surface area contributed by atoms with Gasteiger partial charge in [-0.2, -0.15) is 0 Å². The Balaban J connectivity index is 2.14. The van der Waals surface area contributed by atoms with Crippen LogP contribution in [0.15, 0.2) is 10.8 Å². The van der Waals surface area contributed by atoms with Crippen molar-refractivity contribution in [3.8, 4) is 0 Å². The number of hydrogen-bond acceptors (Lipinski definition) is 2. The zero-order valence-electron chi connectivity index (χ0n) is 8.26. The van der Waals surface area contributed by atoms with Gasteiger partial charge < -0.3 is 4.52 Å². The van der Waals surface area contributed by atoms with Gasteiger partial charge in [-0.15, -0.1) is 0 Å². The van der Waals surface area contributed by atoms with Crippen molar-refractivity contribution in [1.82, 2.24) is 5.16 Å². The molecule has 0 aliphatic heterocycles. The first-order valence-corrected chi connectivity index (χ1v) is 4.81. The lowest BCUT2D eigenvalue weighted by Gasteiger charge is -2.34. The molecule has 2 nitrogen and oxygen atoms in total. The summed E-state index contributed by atoms with van der Waals surface area (Å²) < 4.78 is 30.1. The zero-order chi connectivity index (χ0) is 10.3. The summed E-state index contributed by atoms with van der Waals surface area (Å²) in [4.78, 5) is 0. The minimum absolute atomic E-state index is 0.0841. The Labute approximate surface area is 81.3 Å². The number of hydrogen-bond donors (Lipinski definition) is 0. The summed E-state index contributed by atoms with van der Waals surface area (Å²) in [5.74, 6) is -2.32. The molecule has 78 valence electrons. The molecule has 1 heterocycles. The van der Waals surface area contributed by atoms with E-state index in [4.69, 9.17) is 4.52 Å². The van der Waals surface area contributed by atoms with Crippen molar-refractivity contribution < 1.29 is 13.3 Å². The smallest absolute Gasteiger partial charge is 0.249 e. The Hall–Kier alpha value is -0.930. The van der Waals surface area contributed by atoms with E-state index in [1.54, 1.807) is 6.26 Å². The molecule has 4 heteroatoms. The molecule has 0 N–H and O–H groups in total. The van der Waals surface area contributed by atoms with Gasteiger partial charge in [-0.05, 0) is 5.92 Å². The maximum atomic E-state index is 12.7. The first-order valence-electron chi connectivity index (χ1n) is 4.81. The third kappa shape index (κ3) is 1.53. The van der Waals surface area contributed by atoms with Crippen LogP contribution in [0, 0.1) is 0 Å². The van der Waals surface area contributed by atoms with Crippen LogP contribution in [0.4, 0.5) is 8.78 Å². The van der Waals surface area contributed by atoms with Gasteiger partial charge in [0.1, 0.15) is 6.26 Å². The second-order valence-corrected chi connectivity index (χ2v) is 4.27. The Bertz CT molecular complexity index is 325. The first kappa shape index (κ1) is 9.62. The molecular weight excluding hydrogens is 188 g/mol. The predicted molar refractivity (Wildman–Crippen MR) is 47.5 cm³/mol. The van der Waals surface area contributed by atoms with Crippen LogP contribution in [0.5, 0.6) is 0 Å². The van der Waals surface area contributed by atoms with E-state index < -0.39 is 5.92 Å². The molecule has 0 spiro atoms. The van der Waals surface area contributed by atoms with E-state index in [1.807, 2.05) is 13.8 Å². The van der Waals surface area contributed by atoms with Gasteiger partial charge in [0, 0.05) is 24.3 Å². The minimum Gasteiger partial charge on any atom is -0.364 e. The second kappa shape index (κ2) is 3.04. The Morgan fingerprint density at radius 3 is 2.64 bits per heavy atom. The first-order chi connectivity index (χ1) is 6.49. The van der Waals surface area contributed by atoms with Crippen LogP contribution in [0.25, 0.3) is 0 Å². The predicted octanol–water partition coefficient (Wildman–Crippen LogP) is 3.31. The zero-order valence-corrected chi connectivity index (χ0v) is 8.26. The Kier molecular flexibility index (Phi) is 2.09. The number of aromatic nitrogens is 1. The van der Waals surface area contributed by atoms with Crippen LogP contribution in [-0.4, -0.2) is 11.1 Å². The minimum atomic E-state index is -2.49. The summed E-state index contributed by atoms with van der Waals surface area (Å²) in [5, 5.41) is 3.82. The van der Waals surface area contributed by atoms with Crippen LogP contribution in [0.1, 0.15) is 49.8 Å². The fourth-order valence-corrected chi connectivity index (χ4v) is 1.85. The maximum Gasteiger partial charge on any atom is 0.249 e. The summed E-state index contributed by atoms with van der Waals surface area (Å²) >= 11 is 0. The van der Waals surface area contributed by atoms with Crippen molar-refractivity contribution in [2.75, 3.05) is 0 Å². The van der Waals surface area contributed by atoms with Gasteiger partial charge >= 0.3 is 0 Å². The number of halogens is 2. The molecule has 0 amide bonds. The van der Waals surface area contributed by atoms with Crippen molar-refractivity contribution >= 4 is 0 Å². The van der Waals surface area contributed by atoms with E-state index in [9.17, 15) is 8.78 Å². The fourth-order valence-electron chi connectivity index (χ4n) is 1.85. The second-order valence-electron chi connectivity index (χ2n) is 4.27. The SMILES string of the molecule is CC(C)c1conc1C1CC(F)(F)C1. The summed E-state index contributed by atoms with van der Waals surface area (Å²) in [7, 11) is 0. The van der Waals surface area contributed by atoms with E-state index in [2.05, 4.69) is 5.16 Å². The molecule has 0 radical (unpaired) electrons. The lowest BCUT2D eigenvalue weighted by Crippen LogP contribution is -2.34. The molecule has 0 atom stereocenters. The van der Waals surface area contributed by atoms with Gasteiger partial charge in [0.05, 0.1) is 5.69 Å². The number of alkyl halides is 2. The van der Waals surface area contributed by atoms with Crippen LogP contribution in [0.2, 0.25) is 0 Å². The normalized spacial score (nSPS) is 21.2. The lowest BCUT2D eigenvalue weighted by atomic mass is 9.77. The average Bonchev–Trinajstić information content (AvgIpc) is 2.46. The standard InChI is InChI=1S/C10H13F2NO/c1-6(2)8-5-14-13-9(8)7-3-10(11,12)4-7/h5-7H,3-4H2,1-2H3. The highest BCUT2D eigenvalue weighted by Gasteiger charge is 2.47. The average molecular weight is 201 g/mol. The molecule has 1 fully saturated rings. The van der Waals surface area contributed by atoms with Crippen LogP contribution >= 0.6 is 0 Å². The van der Waals surface area contributed by atoms with E-state index >= 15 is 0 Å². The highest BCUT2D eigenvalue weighted by Crippen LogP contribution is 2.49. The van der Waals surface area contributed by atoms with Crippen molar-refractivity contribution in [3.05, 3.63) is 17.5 Å². The lowest BCUT2D eigenvalue weighted by molar-refractivity contribution is -0.0881. The summed E-state index contributed by atoms with van der Waals surface area (Å²) in [6.07, 6.45) is 1.40. The van der Waals surface area contributed by atoms with Crippen molar-refractivity contribution in [2.45, 2.75) is 44.4 Å². The molecule has 0 aromatic carbocycles. The largest absolute Gasteiger partial charge is 0.364 e. The van der Waals surface area contributed by atoms with Crippen LogP contribution < -0.4 is 0 Å². The molecule has 14 heavy (non-hydrogen) atoms. The van der Waals surface area contributed by atoms with Gasteiger partial charge in [0.15, 0.2) is 0 Å². The molecule has 1 aromatic heterocycles. The molecule has 1 aromatic rings. The van der Waals surface area contributed by atoms with Gasteiger partial charge in [0.2, 0.25) is 5.92 Å². The molecule has 1 saturated carbocycles. The van der Waals surface area contributed by atoms with E-state index in [1.165, 1.54) is 0 Å². The highest BCUT2D eigenvalue weighted by molar-refractivity contribution is 5.25. The topological polar surface area (TPSA) is 26.0 Å². The number of rotatable bonds is 2. The monoisotopic (exact) mass is 201 g/mol.